The van der Waals surface area contributed by atoms with E-state index in [1.807, 2.05) is 0 Å². The largest absolute Gasteiger partial charge is 0.349 e. The molecule has 7 nitrogen and oxygen atoms in total. The summed E-state index contributed by atoms with van der Waals surface area (Å²) in [5, 5.41) is 0.491. The Hall–Kier alpha value is -1.47. The van der Waals surface area contributed by atoms with E-state index in [2.05, 4.69) is 4.84 Å². The molecule has 1 fully saturated rings. The summed E-state index contributed by atoms with van der Waals surface area (Å²) in [4.78, 5) is 38.2. The highest BCUT2D eigenvalue weighted by Crippen LogP contribution is 2.12. The first-order chi connectivity index (χ1) is 7.56. The van der Waals surface area contributed by atoms with Gasteiger partial charge in [-0.05, 0) is 19.4 Å². The maximum atomic E-state index is 11.4. The fraction of sp³-hybridized carbons (Fsp3) is 0.667. The van der Waals surface area contributed by atoms with E-state index in [-0.39, 0.29) is 12.8 Å². The van der Waals surface area contributed by atoms with Crippen molar-refractivity contribution < 1.29 is 19.2 Å². The first kappa shape index (κ1) is 12.6. The van der Waals surface area contributed by atoms with Crippen LogP contribution in [0.4, 0.5) is 0 Å². The predicted octanol–water partition coefficient (Wildman–Crippen LogP) is -1.34. The highest BCUT2D eigenvalue weighted by Gasteiger charge is 2.33. The topological polar surface area (TPSA) is 116 Å². The Labute approximate surface area is 92.6 Å². The van der Waals surface area contributed by atoms with Crippen molar-refractivity contribution in [3.63, 3.8) is 0 Å². The summed E-state index contributed by atoms with van der Waals surface area (Å²) in [6, 6.07) is -0.857. The molecule has 0 unspecified atom stereocenters. The number of carbonyl (C=O) groups is 3. The number of imide groups is 1. The van der Waals surface area contributed by atoms with Crippen molar-refractivity contribution in [2.45, 2.75) is 31.7 Å². The van der Waals surface area contributed by atoms with E-state index in [1.165, 1.54) is 0 Å². The Morgan fingerprint density at radius 3 is 2.44 bits per heavy atom. The van der Waals surface area contributed by atoms with Crippen LogP contribution in [0.25, 0.3) is 0 Å². The molecule has 7 heteroatoms. The number of amides is 2. The van der Waals surface area contributed by atoms with Crippen LogP contribution in [0, 0.1) is 0 Å². The van der Waals surface area contributed by atoms with Crippen molar-refractivity contribution in [1.82, 2.24) is 5.06 Å². The lowest BCUT2D eigenvalue weighted by Gasteiger charge is -2.15. The zero-order valence-electron chi connectivity index (χ0n) is 8.85. The molecule has 1 saturated heterocycles. The standard InChI is InChI=1S/C9H15N3O4/c10-5-1-2-6(11)9(15)16-12-7(13)3-4-8(12)14/h6H,1-5,10-11H2/t6-/m0/s1. The molecule has 1 rings (SSSR count). The van der Waals surface area contributed by atoms with Gasteiger partial charge in [0.2, 0.25) is 0 Å². The van der Waals surface area contributed by atoms with Crippen LogP contribution >= 0.6 is 0 Å². The zero-order valence-corrected chi connectivity index (χ0v) is 8.85. The number of hydroxylamine groups is 2. The minimum absolute atomic E-state index is 0.0736. The molecule has 2 amide bonds. The van der Waals surface area contributed by atoms with Crippen molar-refractivity contribution in [3.8, 4) is 0 Å². The third-order valence-electron chi connectivity index (χ3n) is 2.21. The maximum Gasteiger partial charge on any atom is 0.349 e. The monoisotopic (exact) mass is 229 g/mol. The Balaban J connectivity index is 2.44. The van der Waals surface area contributed by atoms with E-state index in [0.29, 0.717) is 24.4 Å². The molecule has 0 radical (unpaired) electrons. The summed E-state index contributed by atoms with van der Waals surface area (Å²) >= 11 is 0. The van der Waals surface area contributed by atoms with Gasteiger partial charge in [-0.2, -0.15) is 0 Å². The van der Waals surface area contributed by atoms with Gasteiger partial charge in [-0.1, -0.05) is 0 Å². The fourth-order valence-electron chi connectivity index (χ4n) is 1.27. The molecule has 0 aromatic heterocycles. The molecule has 1 aliphatic heterocycles. The number of hydrogen-bond donors (Lipinski definition) is 2. The predicted molar refractivity (Wildman–Crippen MR) is 53.4 cm³/mol. The normalized spacial score (nSPS) is 17.8. The highest BCUT2D eigenvalue weighted by atomic mass is 16.7. The molecule has 1 heterocycles. The van der Waals surface area contributed by atoms with Crippen LogP contribution in [0.1, 0.15) is 25.7 Å². The third kappa shape index (κ3) is 3.01. The Morgan fingerprint density at radius 1 is 1.38 bits per heavy atom. The van der Waals surface area contributed by atoms with Crippen LogP contribution in [0.2, 0.25) is 0 Å². The third-order valence-corrected chi connectivity index (χ3v) is 2.21. The average Bonchev–Trinajstić information content (AvgIpc) is 2.57. The lowest BCUT2D eigenvalue weighted by atomic mass is 10.2. The van der Waals surface area contributed by atoms with Gasteiger partial charge in [0.25, 0.3) is 11.8 Å². The van der Waals surface area contributed by atoms with E-state index in [1.54, 1.807) is 0 Å². The Bertz CT molecular complexity index is 289. The minimum atomic E-state index is -0.857. The van der Waals surface area contributed by atoms with E-state index < -0.39 is 23.8 Å². The molecule has 0 saturated carbocycles. The van der Waals surface area contributed by atoms with Gasteiger partial charge in [0.05, 0.1) is 0 Å². The molecule has 90 valence electrons. The van der Waals surface area contributed by atoms with Crippen molar-refractivity contribution in [3.05, 3.63) is 0 Å². The van der Waals surface area contributed by atoms with Crippen molar-refractivity contribution in [2.24, 2.45) is 11.5 Å². The number of carbonyl (C=O) groups excluding carboxylic acids is 3. The van der Waals surface area contributed by atoms with Crippen LogP contribution < -0.4 is 11.5 Å². The van der Waals surface area contributed by atoms with Crippen molar-refractivity contribution in [2.75, 3.05) is 6.54 Å². The fourth-order valence-corrected chi connectivity index (χ4v) is 1.27. The molecular formula is C9H15N3O4. The van der Waals surface area contributed by atoms with E-state index in [0.717, 1.165) is 0 Å². The maximum absolute atomic E-state index is 11.4. The van der Waals surface area contributed by atoms with Gasteiger partial charge in [0, 0.05) is 12.8 Å². The molecule has 0 spiro atoms. The van der Waals surface area contributed by atoms with Crippen LogP contribution in [0.3, 0.4) is 0 Å². The molecule has 1 aliphatic rings. The van der Waals surface area contributed by atoms with Gasteiger partial charge in [-0.3, -0.25) is 9.59 Å². The second-order valence-electron chi connectivity index (χ2n) is 3.53. The lowest BCUT2D eigenvalue weighted by molar-refractivity contribution is -0.198. The number of nitrogens with zero attached hydrogens (tertiary/aromatic N) is 1. The second-order valence-corrected chi connectivity index (χ2v) is 3.53. The Morgan fingerprint density at radius 2 is 1.94 bits per heavy atom. The molecular weight excluding hydrogens is 214 g/mol. The number of nitrogens with two attached hydrogens (primary N) is 2. The minimum Gasteiger partial charge on any atom is -0.330 e. The van der Waals surface area contributed by atoms with Crippen molar-refractivity contribution in [1.29, 1.82) is 0 Å². The second kappa shape index (κ2) is 5.57. The quantitative estimate of drug-likeness (QED) is 0.564. The molecule has 0 aromatic rings. The smallest absolute Gasteiger partial charge is 0.330 e. The molecule has 0 bridgehead atoms. The van der Waals surface area contributed by atoms with Crippen LogP contribution in [-0.4, -0.2) is 35.4 Å². The number of rotatable bonds is 5. The van der Waals surface area contributed by atoms with Gasteiger partial charge in [0.15, 0.2) is 0 Å². The number of hydrogen-bond acceptors (Lipinski definition) is 6. The van der Waals surface area contributed by atoms with E-state index in [9.17, 15) is 14.4 Å². The first-order valence-corrected chi connectivity index (χ1v) is 5.09. The summed E-state index contributed by atoms with van der Waals surface area (Å²) in [5.74, 6) is -1.80. The molecule has 4 N–H and O–H groups in total. The zero-order chi connectivity index (χ0) is 12.1. The highest BCUT2D eigenvalue weighted by molar-refractivity contribution is 6.01. The summed E-state index contributed by atoms with van der Waals surface area (Å²) in [5.41, 5.74) is 10.8. The average molecular weight is 229 g/mol. The van der Waals surface area contributed by atoms with Gasteiger partial charge in [-0.15, -0.1) is 5.06 Å². The molecule has 16 heavy (non-hydrogen) atoms. The summed E-state index contributed by atoms with van der Waals surface area (Å²) in [6.45, 7) is 0.419. The SMILES string of the molecule is NCCC[C@H](N)C(=O)ON1C(=O)CCC1=O. The first-order valence-electron chi connectivity index (χ1n) is 5.09. The molecule has 0 aromatic carbocycles. The molecule has 1 atom stereocenters. The van der Waals surface area contributed by atoms with Crippen LogP contribution in [0.5, 0.6) is 0 Å². The summed E-state index contributed by atoms with van der Waals surface area (Å²) < 4.78 is 0. The van der Waals surface area contributed by atoms with Crippen LogP contribution in [-0.2, 0) is 19.2 Å². The van der Waals surface area contributed by atoms with E-state index >= 15 is 0 Å². The van der Waals surface area contributed by atoms with E-state index in [4.69, 9.17) is 11.5 Å². The van der Waals surface area contributed by atoms with Gasteiger partial charge >= 0.3 is 5.97 Å². The molecule has 0 aliphatic carbocycles. The summed E-state index contributed by atoms with van der Waals surface area (Å²) in [6.07, 6.45) is 1.10. The lowest BCUT2D eigenvalue weighted by Crippen LogP contribution is -2.40. The van der Waals surface area contributed by atoms with Gasteiger partial charge < -0.3 is 16.3 Å². The summed E-state index contributed by atoms with van der Waals surface area (Å²) in [7, 11) is 0. The van der Waals surface area contributed by atoms with Crippen molar-refractivity contribution >= 4 is 17.8 Å². The Kier molecular flexibility index (Phi) is 4.39. The van der Waals surface area contributed by atoms with Gasteiger partial charge in [-0.25, -0.2) is 4.79 Å². The van der Waals surface area contributed by atoms with Crippen LogP contribution in [0.15, 0.2) is 0 Å². The van der Waals surface area contributed by atoms with Gasteiger partial charge in [0.1, 0.15) is 6.04 Å².